The van der Waals surface area contributed by atoms with Crippen molar-refractivity contribution in [1.82, 2.24) is 5.32 Å². The van der Waals surface area contributed by atoms with Crippen LogP contribution in [0.15, 0.2) is 36.0 Å². The van der Waals surface area contributed by atoms with Crippen LogP contribution in [0, 0.1) is 5.92 Å². The molecule has 0 fully saturated rings. The van der Waals surface area contributed by atoms with Gasteiger partial charge in [-0.25, -0.2) is 0 Å². The quantitative estimate of drug-likeness (QED) is 0.658. The maximum absolute atomic E-state index is 3.23. The van der Waals surface area contributed by atoms with Gasteiger partial charge in [0.25, 0.3) is 0 Å². The van der Waals surface area contributed by atoms with Gasteiger partial charge in [0.15, 0.2) is 0 Å². The van der Waals surface area contributed by atoms with E-state index in [4.69, 9.17) is 0 Å². The molecule has 0 heterocycles. The Morgan fingerprint density at radius 3 is 2.67 bits per heavy atom. The summed E-state index contributed by atoms with van der Waals surface area (Å²) in [6, 6.07) is 0.386. The van der Waals surface area contributed by atoms with Crippen LogP contribution < -0.4 is 5.32 Å². The molecule has 12 heavy (non-hydrogen) atoms. The molecule has 0 aromatic carbocycles. The standard InChI is InChI=1S/C11H17N/c1-9(2)10-6-4-5-7-11(8-10)12-3/h4-9,11-12H,1-3H3. The largest absolute Gasteiger partial charge is 0.310 e. The molecular weight excluding hydrogens is 146 g/mol. The van der Waals surface area contributed by atoms with Gasteiger partial charge in [0.2, 0.25) is 0 Å². The predicted octanol–water partition coefficient (Wildman–Crippen LogP) is 2.28. The molecular formula is C11H17N. The van der Waals surface area contributed by atoms with E-state index in [2.05, 4.69) is 49.5 Å². The van der Waals surface area contributed by atoms with Crippen LogP contribution in [0.4, 0.5) is 0 Å². The van der Waals surface area contributed by atoms with Crippen molar-refractivity contribution in [3.05, 3.63) is 36.0 Å². The molecule has 0 saturated carbocycles. The summed E-state index contributed by atoms with van der Waals surface area (Å²) in [4.78, 5) is 0. The molecule has 0 saturated heterocycles. The molecule has 1 aliphatic rings. The van der Waals surface area contributed by atoms with Gasteiger partial charge in [-0.15, -0.1) is 0 Å². The molecule has 0 aliphatic heterocycles. The van der Waals surface area contributed by atoms with Crippen molar-refractivity contribution in [2.75, 3.05) is 7.05 Å². The van der Waals surface area contributed by atoms with E-state index in [1.807, 2.05) is 7.05 Å². The van der Waals surface area contributed by atoms with Crippen molar-refractivity contribution >= 4 is 0 Å². The van der Waals surface area contributed by atoms with E-state index >= 15 is 0 Å². The molecule has 0 bridgehead atoms. The third-order valence-corrected chi connectivity index (χ3v) is 2.09. The van der Waals surface area contributed by atoms with Crippen LogP contribution in [0.1, 0.15) is 13.8 Å². The van der Waals surface area contributed by atoms with Gasteiger partial charge in [0.05, 0.1) is 0 Å². The van der Waals surface area contributed by atoms with E-state index in [1.54, 1.807) is 0 Å². The zero-order valence-electron chi connectivity index (χ0n) is 8.04. The van der Waals surface area contributed by atoms with E-state index < -0.39 is 0 Å². The van der Waals surface area contributed by atoms with Crippen LogP contribution in [-0.4, -0.2) is 13.1 Å². The van der Waals surface area contributed by atoms with Gasteiger partial charge in [0.1, 0.15) is 0 Å². The van der Waals surface area contributed by atoms with Crippen molar-refractivity contribution in [2.24, 2.45) is 5.92 Å². The smallest absolute Gasteiger partial charge is 0.0442 e. The summed E-state index contributed by atoms with van der Waals surface area (Å²) in [6.45, 7) is 4.43. The van der Waals surface area contributed by atoms with Gasteiger partial charge in [0, 0.05) is 6.04 Å². The van der Waals surface area contributed by atoms with Crippen molar-refractivity contribution in [1.29, 1.82) is 0 Å². The molecule has 66 valence electrons. The summed E-state index contributed by atoms with van der Waals surface area (Å²) < 4.78 is 0. The lowest BCUT2D eigenvalue weighted by Gasteiger charge is -2.09. The van der Waals surface area contributed by atoms with Gasteiger partial charge in [-0.2, -0.15) is 0 Å². The minimum Gasteiger partial charge on any atom is -0.310 e. The summed E-state index contributed by atoms with van der Waals surface area (Å²) >= 11 is 0. The molecule has 1 nitrogen and oxygen atoms in total. The highest BCUT2D eigenvalue weighted by Gasteiger charge is 2.04. The highest BCUT2D eigenvalue weighted by molar-refractivity contribution is 5.31. The fourth-order valence-corrected chi connectivity index (χ4v) is 1.23. The maximum Gasteiger partial charge on any atom is 0.0442 e. The molecule has 0 amide bonds. The zero-order valence-corrected chi connectivity index (χ0v) is 8.04. The Kier molecular flexibility index (Phi) is 3.30. The van der Waals surface area contributed by atoms with Gasteiger partial charge in [-0.05, 0) is 18.5 Å². The van der Waals surface area contributed by atoms with E-state index in [9.17, 15) is 0 Å². The molecule has 0 radical (unpaired) electrons. The van der Waals surface area contributed by atoms with Crippen LogP contribution in [0.25, 0.3) is 0 Å². The normalized spacial score (nSPS) is 22.7. The summed E-state index contributed by atoms with van der Waals surface area (Å²) in [5.41, 5.74) is 1.40. The lowest BCUT2D eigenvalue weighted by atomic mass is 10.0. The number of hydrogen-bond donors (Lipinski definition) is 1. The van der Waals surface area contributed by atoms with Crippen molar-refractivity contribution < 1.29 is 0 Å². The SMILES string of the molecule is CNC1C=CC=CC(C(C)C)=C1. The van der Waals surface area contributed by atoms with Crippen LogP contribution in [0.3, 0.4) is 0 Å². The second-order valence-corrected chi connectivity index (χ2v) is 3.38. The first kappa shape index (κ1) is 9.27. The average molecular weight is 163 g/mol. The van der Waals surface area contributed by atoms with Gasteiger partial charge in [-0.3, -0.25) is 0 Å². The minimum absolute atomic E-state index is 0.386. The Morgan fingerprint density at radius 1 is 1.33 bits per heavy atom. The summed E-state index contributed by atoms with van der Waals surface area (Å²) in [6.07, 6.45) is 10.8. The summed E-state index contributed by atoms with van der Waals surface area (Å²) in [5.74, 6) is 0.608. The summed E-state index contributed by atoms with van der Waals surface area (Å²) in [5, 5.41) is 3.23. The molecule has 1 aliphatic carbocycles. The minimum atomic E-state index is 0.386. The second-order valence-electron chi connectivity index (χ2n) is 3.38. The highest BCUT2D eigenvalue weighted by atomic mass is 14.8. The Hall–Kier alpha value is -0.820. The Morgan fingerprint density at radius 2 is 2.08 bits per heavy atom. The number of hydrogen-bond acceptors (Lipinski definition) is 1. The average Bonchev–Trinajstić information content (AvgIpc) is 2.28. The first-order valence-corrected chi connectivity index (χ1v) is 4.48. The molecule has 1 atom stereocenters. The van der Waals surface area contributed by atoms with E-state index in [1.165, 1.54) is 5.57 Å². The van der Waals surface area contributed by atoms with E-state index in [-0.39, 0.29) is 0 Å². The number of rotatable bonds is 2. The third-order valence-electron chi connectivity index (χ3n) is 2.09. The van der Waals surface area contributed by atoms with Crippen LogP contribution in [-0.2, 0) is 0 Å². The van der Waals surface area contributed by atoms with Crippen LogP contribution in [0.2, 0.25) is 0 Å². The Labute approximate surface area is 74.9 Å². The third kappa shape index (κ3) is 2.35. The number of allylic oxidation sites excluding steroid dienone is 4. The molecule has 0 aromatic rings. The van der Waals surface area contributed by atoms with Crippen molar-refractivity contribution in [3.8, 4) is 0 Å². The van der Waals surface area contributed by atoms with Crippen molar-refractivity contribution in [3.63, 3.8) is 0 Å². The molecule has 1 rings (SSSR count). The molecule has 1 N–H and O–H groups in total. The molecule has 0 spiro atoms. The fourth-order valence-electron chi connectivity index (χ4n) is 1.23. The summed E-state index contributed by atoms with van der Waals surface area (Å²) in [7, 11) is 1.98. The molecule has 0 aromatic heterocycles. The molecule has 1 heteroatoms. The number of likely N-dealkylation sites (N-methyl/N-ethyl adjacent to an activating group) is 1. The Balaban J connectivity index is 2.79. The molecule has 1 unspecified atom stereocenters. The fraction of sp³-hybridized carbons (Fsp3) is 0.455. The lowest BCUT2D eigenvalue weighted by molar-refractivity contribution is 0.746. The van der Waals surface area contributed by atoms with Gasteiger partial charge < -0.3 is 5.32 Å². The van der Waals surface area contributed by atoms with Gasteiger partial charge in [-0.1, -0.05) is 44.2 Å². The monoisotopic (exact) mass is 163 g/mol. The first-order chi connectivity index (χ1) is 5.74. The first-order valence-electron chi connectivity index (χ1n) is 4.48. The topological polar surface area (TPSA) is 12.0 Å². The zero-order chi connectivity index (χ0) is 8.97. The maximum atomic E-state index is 3.23. The van der Waals surface area contributed by atoms with E-state index in [0.29, 0.717) is 12.0 Å². The number of nitrogens with one attached hydrogen (secondary N) is 1. The van der Waals surface area contributed by atoms with Crippen LogP contribution in [0.5, 0.6) is 0 Å². The van der Waals surface area contributed by atoms with Gasteiger partial charge >= 0.3 is 0 Å². The lowest BCUT2D eigenvalue weighted by Crippen LogP contribution is -2.20. The second kappa shape index (κ2) is 4.27. The predicted molar refractivity (Wildman–Crippen MR) is 54.0 cm³/mol. The van der Waals surface area contributed by atoms with E-state index in [0.717, 1.165) is 0 Å². The highest BCUT2D eigenvalue weighted by Crippen LogP contribution is 2.14. The van der Waals surface area contributed by atoms with Crippen LogP contribution >= 0.6 is 0 Å². The van der Waals surface area contributed by atoms with Crippen molar-refractivity contribution in [2.45, 2.75) is 19.9 Å². The Bertz CT molecular complexity index is 221.